The first-order valence-electron chi connectivity index (χ1n) is 9.84. The number of hydrogen-bond acceptors (Lipinski definition) is 7. The number of anilines is 1. The summed E-state index contributed by atoms with van der Waals surface area (Å²) in [6.07, 6.45) is 2.14. The van der Waals surface area contributed by atoms with Crippen LogP contribution >= 0.6 is 11.3 Å². The maximum Gasteiger partial charge on any atom is 0.261 e. The summed E-state index contributed by atoms with van der Waals surface area (Å²) in [6, 6.07) is 8.04. The lowest BCUT2D eigenvalue weighted by atomic mass is 10.1. The van der Waals surface area contributed by atoms with E-state index in [1.165, 1.54) is 17.7 Å². The first kappa shape index (κ1) is 20.7. The van der Waals surface area contributed by atoms with Crippen molar-refractivity contribution in [2.24, 2.45) is 5.92 Å². The predicted octanol–water partition coefficient (Wildman–Crippen LogP) is 3.08. The third-order valence-electron chi connectivity index (χ3n) is 5.35. The Bertz CT molecular complexity index is 1200. The molecule has 4 rings (SSSR count). The average Bonchev–Trinajstić information content (AvgIpc) is 3.24. The number of thiophene rings is 1. The molecule has 0 saturated carbocycles. The van der Waals surface area contributed by atoms with Crippen LogP contribution in [0.1, 0.15) is 32.8 Å². The quantitative estimate of drug-likeness (QED) is 0.606. The van der Waals surface area contributed by atoms with E-state index < -0.39 is 9.84 Å². The Balaban J connectivity index is 1.50. The zero-order valence-electron chi connectivity index (χ0n) is 16.9. The average molecular weight is 445 g/mol. The van der Waals surface area contributed by atoms with Crippen LogP contribution in [0.25, 0.3) is 10.2 Å². The number of carbonyl (C=O) groups excluding carboxylic acids is 1. The summed E-state index contributed by atoms with van der Waals surface area (Å²) in [4.78, 5) is 22.8. The van der Waals surface area contributed by atoms with Crippen molar-refractivity contribution in [2.75, 3.05) is 23.4 Å². The van der Waals surface area contributed by atoms with Gasteiger partial charge in [-0.05, 0) is 37.3 Å². The Morgan fingerprint density at radius 3 is 2.83 bits per heavy atom. The molecule has 1 atom stereocenters. The number of nitrogens with one attached hydrogen (secondary N) is 2. The zero-order valence-corrected chi connectivity index (χ0v) is 18.6. The Hall–Kier alpha value is -2.52. The summed E-state index contributed by atoms with van der Waals surface area (Å²) in [5.74, 6) is 1.06. The lowest BCUT2D eigenvalue weighted by Crippen LogP contribution is -2.22. The Morgan fingerprint density at radius 1 is 1.27 bits per heavy atom. The smallest absolute Gasteiger partial charge is 0.261 e. The van der Waals surface area contributed by atoms with Crippen molar-refractivity contribution < 1.29 is 13.2 Å². The number of nitrogens with zero attached hydrogens (tertiary/aromatic N) is 2. The van der Waals surface area contributed by atoms with Crippen LogP contribution in [-0.2, 0) is 16.4 Å². The van der Waals surface area contributed by atoms with Crippen LogP contribution in [0.2, 0.25) is 0 Å². The van der Waals surface area contributed by atoms with E-state index in [-0.39, 0.29) is 23.3 Å². The van der Waals surface area contributed by atoms with Gasteiger partial charge < -0.3 is 10.6 Å². The molecule has 0 aliphatic carbocycles. The molecule has 158 valence electrons. The topological polar surface area (TPSA) is 101 Å². The van der Waals surface area contributed by atoms with E-state index in [2.05, 4.69) is 26.7 Å². The molecule has 3 heterocycles. The maximum atomic E-state index is 12.8. The van der Waals surface area contributed by atoms with Crippen LogP contribution in [0.4, 0.5) is 5.82 Å². The molecule has 1 saturated heterocycles. The second-order valence-electron chi connectivity index (χ2n) is 7.78. The van der Waals surface area contributed by atoms with Gasteiger partial charge in [-0.25, -0.2) is 18.4 Å². The molecular formula is C21H24N4O3S2. The second-order valence-corrected chi connectivity index (χ2v) is 11.0. The molecule has 1 fully saturated rings. The number of sulfone groups is 1. The number of benzene rings is 1. The number of rotatable bonds is 6. The van der Waals surface area contributed by atoms with E-state index in [9.17, 15) is 13.2 Å². The molecule has 1 aliphatic rings. The maximum absolute atomic E-state index is 12.8. The molecule has 2 N–H and O–H groups in total. The fourth-order valence-corrected chi connectivity index (χ4v) is 6.71. The minimum absolute atomic E-state index is 0.0797. The van der Waals surface area contributed by atoms with Crippen molar-refractivity contribution in [3.63, 3.8) is 0 Å². The second kappa shape index (κ2) is 8.31. The standard InChI is InChI=1S/C21H24N4O3S2/c1-13-4-3-5-15(8-13)9-23-20(26)18-14(2)17-19(24-12-25-21(17)29-18)22-10-16-6-7-30(27,28)11-16/h3-5,8,12,16H,6-7,9-11H2,1-2H3,(H,23,26)(H,22,24,25)/t16-/m0/s1. The molecule has 0 radical (unpaired) electrons. The lowest BCUT2D eigenvalue weighted by Gasteiger charge is -2.11. The summed E-state index contributed by atoms with van der Waals surface area (Å²) >= 11 is 1.34. The first-order valence-corrected chi connectivity index (χ1v) is 12.5. The highest BCUT2D eigenvalue weighted by Crippen LogP contribution is 2.33. The van der Waals surface area contributed by atoms with Gasteiger partial charge in [0.05, 0.1) is 21.8 Å². The van der Waals surface area contributed by atoms with Gasteiger partial charge in [0.15, 0.2) is 9.84 Å². The predicted molar refractivity (Wildman–Crippen MR) is 120 cm³/mol. The fourth-order valence-electron chi connectivity index (χ4n) is 3.78. The number of carbonyl (C=O) groups is 1. The largest absolute Gasteiger partial charge is 0.369 e. The zero-order chi connectivity index (χ0) is 21.3. The molecule has 0 unspecified atom stereocenters. The number of fused-ring (bicyclic) bond motifs is 1. The molecule has 2 aromatic heterocycles. The summed E-state index contributed by atoms with van der Waals surface area (Å²) in [5.41, 5.74) is 3.04. The van der Waals surface area contributed by atoms with Gasteiger partial charge in [-0.1, -0.05) is 29.8 Å². The molecule has 1 amide bonds. The molecule has 3 aromatic rings. The highest BCUT2D eigenvalue weighted by atomic mass is 32.2. The Labute approximate surface area is 179 Å². The first-order chi connectivity index (χ1) is 14.3. The Kier molecular flexibility index (Phi) is 5.75. The monoisotopic (exact) mass is 444 g/mol. The van der Waals surface area contributed by atoms with Crippen molar-refractivity contribution in [3.05, 3.63) is 52.2 Å². The van der Waals surface area contributed by atoms with Crippen molar-refractivity contribution in [2.45, 2.75) is 26.8 Å². The molecule has 1 aromatic carbocycles. The van der Waals surface area contributed by atoms with Gasteiger partial charge in [0.2, 0.25) is 0 Å². The van der Waals surface area contributed by atoms with Crippen LogP contribution in [0, 0.1) is 19.8 Å². The van der Waals surface area contributed by atoms with Gasteiger partial charge in [-0.2, -0.15) is 0 Å². The van der Waals surface area contributed by atoms with Gasteiger partial charge in [-0.3, -0.25) is 4.79 Å². The molecule has 9 heteroatoms. The normalized spacial score (nSPS) is 17.9. The van der Waals surface area contributed by atoms with E-state index in [1.54, 1.807) is 0 Å². The van der Waals surface area contributed by atoms with E-state index in [4.69, 9.17) is 0 Å². The summed E-state index contributed by atoms with van der Waals surface area (Å²) in [6.45, 7) is 4.92. The van der Waals surface area contributed by atoms with E-state index >= 15 is 0 Å². The Morgan fingerprint density at radius 2 is 2.10 bits per heavy atom. The van der Waals surface area contributed by atoms with Gasteiger partial charge in [-0.15, -0.1) is 11.3 Å². The van der Waals surface area contributed by atoms with Gasteiger partial charge in [0.25, 0.3) is 5.91 Å². The SMILES string of the molecule is Cc1cccc(CNC(=O)c2sc3ncnc(NC[C@@H]4CCS(=O)(=O)C4)c3c2C)c1. The molecule has 7 nitrogen and oxygen atoms in total. The van der Waals surface area contributed by atoms with Crippen LogP contribution in [0.15, 0.2) is 30.6 Å². The highest BCUT2D eigenvalue weighted by molar-refractivity contribution is 7.91. The van der Waals surface area contributed by atoms with Gasteiger partial charge in [0.1, 0.15) is 17.0 Å². The molecule has 0 spiro atoms. The van der Waals surface area contributed by atoms with Gasteiger partial charge >= 0.3 is 0 Å². The van der Waals surface area contributed by atoms with E-state index in [0.29, 0.717) is 30.2 Å². The summed E-state index contributed by atoms with van der Waals surface area (Å²) in [7, 11) is -2.91. The molecule has 1 aliphatic heterocycles. The van der Waals surface area contributed by atoms with Crippen molar-refractivity contribution in [1.29, 1.82) is 0 Å². The van der Waals surface area contributed by atoms with Crippen LogP contribution in [0.5, 0.6) is 0 Å². The summed E-state index contributed by atoms with van der Waals surface area (Å²) in [5, 5.41) is 7.09. The molecular weight excluding hydrogens is 420 g/mol. The number of amides is 1. The minimum Gasteiger partial charge on any atom is -0.369 e. The number of aromatic nitrogens is 2. The number of aryl methyl sites for hydroxylation is 2. The van der Waals surface area contributed by atoms with E-state index in [1.807, 2.05) is 32.0 Å². The highest BCUT2D eigenvalue weighted by Gasteiger charge is 2.28. The van der Waals surface area contributed by atoms with E-state index in [0.717, 1.165) is 26.9 Å². The van der Waals surface area contributed by atoms with Crippen LogP contribution < -0.4 is 10.6 Å². The lowest BCUT2D eigenvalue weighted by molar-refractivity contribution is 0.0954. The van der Waals surface area contributed by atoms with Crippen molar-refractivity contribution in [1.82, 2.24) is 15.3 Å². The minimum atomic E-state index is -2.91. The number of hydrogen-bond donors (Lipinski definition) is 2. The third kappa shape index (κ3) is 4.46. The van der Waals surface area contributed by atoms with Crippen molar-refractivity contribution in [3.8, 4) is 0 Å². The molecule has 30 heavy (non-hydrogen) atoms. The van der Waals surface area contributed by atoms with Gasteiger partial charge in [0, 0.05) is 13.1 Å². The third-order valence-corrected chi connectivity index (χ3v) is 8.39. The summed E-state index contributed by atoms with van der Waals surface area (Å²) < 4.78 is 23.4. The van der Waals surface area contributed by atoms with Crippen molar-refractivity contribution >= 4 is 43.1 Å². The fraction of sp³-hybridized carbons (Fsp3) is 0.381. The van der Waals surface area contributed by atoms with Crippen LogP contribution in [-0.4, -0.2) is 42.3 Å². The van der Waals surface area contributed by atoms with Crippen LogP contribution in [0.3, 0.4) is 0 Å². The molecule has 0 bridgehead atoms.